The number of benzene rings is 1. The molecule has 1 aliphatic rings. The second-order valence-corrected chi connectivity index (χ2v) is 5.05. The molecular formula is C14H18N2O3. The minimum Gasteiger partial charge on any atom is -0.363 e. The Balaban J connectivity index is 2.44. The molecule has 1 atom stereocenters. The van der Waals surface area contributed by atoms with E-state index >= 15 is 0 Å². The minimum absolute atomic E-state index is 0.0291. The smallest absolute Gasteiger partial charge is 0.293 e. The summed E-state index contributed by atoms with van der Waals surface area (Å²) >= 11 is 0. The normalized spacial score (nSPS) is 19.3. The Kier molecular flexibility index (Phi) is 3.83. The molecule has 0 spiro atoms. The summed E-state index contributed by atoms with van der Waals surface area (Å²) in [5.74, 6) is -0.152. The second kappa shape index (κ2) is 5.38. The SMILES string of the molecule is CC(=O)c1ccc(N2CCCC[C@H]2C)c([N+](=O)[O-])c1. The molecule has 0 unspecified atom stereocenters. The van der Waals surface area contributed by atoms with E-state index in [0.29, 0.717) is 17.3 Å². The molecule has 0 aliphatic carbocycles. The third kappa shape index (κ3) is 2.75. The first kappa shape index (κ1) is 13.5. The molecule has 1 saturated heterocycles. The van der Waals surface area contributed by atoms with E-state index in [9.17, 15) is 14.9 Å². The predicted molar refractivity (Wildman–Crippen MR) is 73.8 cm³/mol. The minimum atomic E-state index is -0.400. The van der Waals surface area contributed by atoms with Crippen LogP contribution in [0.1, 0.15) is 43.5 Å². The highest BCUT2D eigenvalue weighted by Crippen LogP contribution is 2.33. The molecule has 5 heteroatoms. The number of nitro benzene ring substituents is 1. The van der Waals surface area contributed by atoms with Crippen LogP contribution in [0.2, 0.25) is 0 Å². The van der Waals surface area contributed by atoms with Crippen molar-refractivity contribution in [2.24, 2.45) is 0 Å². The van der Waals surface area contributed by atoms with Crippen molar-refractivity contribution in [3.63, 3.8) is 0 Å². The first-order valence-corrected chi connectivity index (χ1v) is 6.56. The zero-order chi connectivity index (χ0) is 14.0. The van der Waals surface area contributed by atoms with Gasteiger partial charge in [0.15, 0.2) is 5.78 Å². The fourth-order valence-corrected chi connectivity index (χ4v) is 2.59. The van der Waals surface area contributed by atoms with E-state index < -0.39 is 4.92 Å². The highest BCUT2D eigenvalue weighted by molar-refractivity contribution is 5.95. The van der Waals surface area contributed by atoms with Gasteiger partial charge in [-0.05, 0) is 45.2 Å². The van der Waals surface area contributed by atoms with Gasteiger partial charge in [-0.3, -0.25) is 14.9 Å². The van der Waals surface area contributed by atoms with Crippen molar-refractivity contribution in [1.29, 1.82) is 0 Å². The lowest BCUT2D eigenvalue weighted by Gasteiger charge is -2.35. The van der Waals surface area contributed by atoms with Crippen LogP contribution in [0, 0.1) is 10.1 Å². The molecule has 1 aromatic carbocycles. The molecule has 0 N–H and O–H groups in total. The Morgan fingerprint density at radius 1 is 1.42 bits per heavy atom. The fourth-order valence-electron chi connectivity index (χ4n) is 2.59. The molecule has 1 aliphatic heterocycles. The fraction of sp³-hybridized carbons (Fsp3) is 0.500. The largest absolute Gasteiger partial charge is 0.363 e. The van der Waals surface area contributed by atoms with E-state index in [-0.39, 0.29) is 11.5 Å². The van der Waals surface area contributed by atoms with E-state index in [0.717, 1.165) is 25.8 Å². The quantitative estimate of drug-likeness (QED) is 0.477. The summed E-state index contributed by atoms with van der Waals surface area (Å²) in [5, 5.41) is 11.2. The Labute approximate surface area is 112 Å². The summed E-state index contributed by atoms with van der Waals surface area (Å²) in [4.78, 5) is 24.2. The number of ketones is 1. The predicted octanol–water partition coefficient (Wildman–Crippen LogP) is 3.18. The molecule has 1 aromatic rings. The van der Waals surface area contributed by atoms with Gasteiger partial charge in [-0.1, -0.05) is 0 Å². The average Bonchev–Trinajstić information content (AvgIpc) is 2.38. The number of carbonyl (C=O) groups is 1. The van der Waals surface area contributed by atoms with Crippen LogP contribution >= 0.6 is 0 Å². The number of hydrogen-bond acceptors (Lipinski definition) is 4. The highest BCUT2D eigenvalue weighted by Gasteiger charge is 2.26. The summed E-state index contributed by atoms with van der Waals surface area (Å²) < 4.78 is 0. The lowest BCUT2D eigenvalue weighted by molar-refractivity contribution is -0.384. The van der Waals surface area contributed by atoms with Gasteiger partial charge >= 0.3 is 0 Å². The number of rotatable bonds is 3. The van der Waals surface area contributed by atoms with Gasteiger partial charge in [0.1, 0.15) is 5.69 Å². The van der Waals surface area contributed by atoms with Crippen LogP contribution in [-0.4, -0.2) is 23.3 Å². The molecule has 19 heavy (non-hydrogen) atoms. The van der Waals surface area contributed by atoms with Crippen LogP contribution in [0.15, 0.2) is 18.2 Å². The van der Waals surface area contributed by atoms with Crippen molar-refractivity contribution in [3.05, 3.63) is 33.9 Å². The molecular weight excluding hydrogens is 244 g/mol. The highest BCUT2D eigenvalue weighted by atomic mass is 16.6. The van der Waals surface area contributed by atoms with Crippen molar-refractivity contribution in [3.8, 4) is 0 Å². The molecule has 0 bridgehead atoms. The Morgan fingerprint density at radius 2 is 2.16 bits per heavy atom. The molecule has 0 amide bonds. The summed E-state index contributed by atoms with van der Waals surface area (Å²) in [6.45, 7) is 4.34. The summed E-state index contributed by atoms with van der Waals surface area (Å²) in [6.07, 6.45) is 3.26. The van der Waals surface area contributed by atoms with Crippen LogP contribution in [-0.2, 0) is 0 Å². The standard InChI is InChI=1S/C14H18N2O3/c1-10-5-3-4-8-15(10)13-7-6-12(11(2)17)9-14(13)16(18)19/h6-7,9-10H,3-5,8H2,1-2H3/t10-/m1/s1. The number of carbonyl (C=O) groups excluding carboxylic acids is 1. The van der Waals surface area contributed by atoms with Gasteiger partial charge in [0.2, 0.25) is 0 Å². The topological polar surface area (TPSA) is 63.5 Å². The number of Topliss-reactive ketones (excluding diaryl/α,β-unsaturated/α-hetero) is 1. The molecule has 0 aromatic heterocycles. The number of anilines is 1. The Bertz CT molecular complexity index is 513. The third-order valence-electron chi connectivity index (χ3n) is 3.69. The van der Waals surface area contributed by atoms with Crippen LogP contribution in [0.25, 0.3) is 0 Å². The first-order valence-electron chi connectivity index (χ1n) is 6.56. The van der Waals surface area contributed by atoms with Crippen molar-refractivity contribution in [2.45, 2.75) is 39.2 Å². The van der Waals surface area contributed by atoms with Gasteiger partial charge in [0.05, 0.1) is 4.92 Å². The third-order valence-corrected chi connectivity index (χ3v) is 3.69. The van der Waals surface area contributed by atoms with Crippen molar-refractivity contribution in [1.82, 2.24) is 0 Å². The van der Waals surface area contributed by atoms with E-state index in [4.69, 9.17) is 0 Å². The molecule has 5 nitrogen and oxygen atoms in total. The van der Waals surface area contributed by atoms with Gasteiger partial charge in [-0.15, -0.1) is 0 Å². The van der Waals surface area contributed by atoms with Crippen LogP contribution in [0.5, 0.6) is 0 Å². The van der Waals surface area contributed by atoms with Gasteiger partial charge in [0.25, 0.3) is 5.69 Å². The van der Waals surface area contributed by atoms with Crippen LogP contribution in [0.4, 0.5) is 11.4 Å². The number of nitrogens with zero attached hydrogens (tertiary/aromatic N) is 2. The van der Waals surface area contributed by atoms with Crippen molar-refractivity contribution >= 4 is 17.2 Å². The molecule has 0 radical (unpaired) electrons. The van der Waals surface area contributed by atoms with E-state index in [1.165, 1.54) is 13.0 Å². The summed E-state index contributed by atoms with van der Waals surface area (Å²) in [5.41, 5.74) is 1.05. The lowest BCUT2D eigenvalue weighted by atomic mass is 10.0. The maximum absolute atomic E-state index is 11.3. The zero-order valence-electron chi connectivity index (χ0n) is 11.3. The van der Waals surface area contributed by atoms with E-state index in [1.54, 1.807) is 12.1 Å². The van der Waals surface area contributed by atoms with Gasteiger partial charge < -0.3 is 4.90 Å². The number of piperidine rings is 1. The second-order valence-electron chi connectivity index (χ2n) is 5.05. The van der Waals surface area contributed by atoms with Gasteiger partial charge in [0, 0.05) is 24.2 Å². The lowest BCUT2D eigenvalue weighted by Crippen LogP contribution is -2.37. The summed E-state index contributed by atoms with van der Waals surface area (Å²) in [7, 11) is 0. The maximum atomic E-state index is 11.3. The first-order chi connectivity index (χ1) is 9.00. The molecule has 1 heterocycles. The Morgan fingerprint density at radius 3 is 2.74 bits per heavy atom. The van der Waals surface area contributed by atoms with Crippen molar-refractivity contribution in [2.75, 3.05) is 11.4 Å². The van der Waals surface area contributed by atoms with Gasteiger partial charge in [-0.25, -0.2) is 0 Å². The molecule has 2 rings (SSSR count). The number of nitro groups is 1. The monoisotopic (exact) mass is 262 g/mol. The van der Waals surface area contributed by atoms with Crippen LogP contribution in [0.3, 0.4) is 0 Å². The maximum Gasteiger partial charge on any atom is 0.293 e. The van der Waals surface area contributed by atoms with E-state index in [2.05, 4.69) is 11.8 Å². The van der Waals surface area contributed by atoms with Crippen molar-refractivity contribution < 1.29 is 9.72 Å². The summed E-state index contributed by atoms with van der Waals surface area (Å²) in [6, 6.07) is 5.07. The number of hydrogen-bond donors (Lipinski definition) is 0. The average molecular weight is 262 g/mol. The molecule has 0 saturated carbocycles. The van der Waals surface area contributed by atoms with Gasteiger partial charge in [-0.2, -0.15) is 0 Å². The zero-order valence-corrected chi connectivity index (χ0v) is 11.3. The Hall–Kier alpha value is -1.91. The van der Waals surface area contributed by atoms with Crippen LogP contribution < -0.4 is 4.90 Å². The molecule has 1 fully saturated rings. The van der Waals surface area contributed by atoms with E-state index in [1.807, 2.05) is 0 Å². The molecule has 102 valence electrons.